The van der Waals surface area contributed by atoms with E-state index in [0.717, 1.165) is 12.2 Å². The maximum Gasteiger partial charge on any atom is 0.306 e. The molecule has 1 amide bonds. The van der Waals surface area contributed by atoms with Gasteiger partial charge in [-0.2, -0.15) is 0 Å². The first-order chi connectivity index (χ1) is 11.2. The Balaban J connectivity index is 2.24. The van der Waals surface area contributed by atoms with Crippen molar-refractivity contribution in [3.05, 3.63) is 24.3 Å². The van der Waals surface area contributed by atoms with Crippen LogP contribution in [0, 0.1) is 0 Å². The zero-order valence-electron chi connectivity index (χ0n) is 14.1. The molecule has 0 saturated heterocycles. The maximum absolute atomic E-state index is 11.7. The smallest absolute Gasteiger partial charge is 0.306 e. The number of rotatable bonds is 11. The fourth-order valence-corrected chi connectivity index (χ4v) is 2.07. The number of hydrogen-bond donors (Lipinski definition) is 1. The number of carbonyl (C=O) groups is 2. The number of methoxy groups -OCH3 is 1. The van der Waals surface area contributed by atoms with Gasteiger partial charge in [0.05, 0.1) is 20.1 Å². The summed E-state index contributed by atoms with van der Waals surface area (Å²) >= 11 is 0. The van der Waals surface area contributed by atoms with Gasteiger partial charge in [-0.3, -0.25) is 9.59 Å². The monoisotopic (exact) mass is 321 g/mol. The number of amides is 1. The van der Waals surface area contributed by atoms with Crippen molar-refractivity contribution in [3.8, 4) is 5.75 Å². The van der Waals surface area contributed by atoms with Crippen LogP contribution >= 0.6 is 0 Å². The maximum atomic E-state index is 11.7. The van der Waals surface area contributed by atoms with E-state index in [0.29, 0.717) is 12.3 Å². The molecule has 5 heteroatoms. The van der Waals surface area contributed by atoms with Crippen LogP contribution in [0.1, 0.15) is 51.9 Å². The van der Waals surface area contributed by atoms with Crippen molar-refractivity contribution < 1.29 is 19.1 Å². The SMILES string of the molecule is CCCCCCCOc1ccc(NC(=O)CCC(=O)OC)cc1. The summed E-state index contributed by atoms with van der Waals surface area (Å²) in [6, 6.07) is 7.26. The summed E-state index contributed by atoms with van der Waals surface area (Å²) in [6.45, 7) is 2.92. The summed E-state index contributed by atoms with van der Waals surface area (Å²) in [6.07, 6.45) is 6.24. The van der Waals surface area contributed by atoms with Crippen molar-refractivity contribution in [1.82, 2.24) is 0 Å². The lowest BCUT2D eigenvalue weighted by molar-refractivity contribution is -0.141. The van der Waals surface area contributed by atoms with E-state index in [9.17, 15) is 9.59 Å². The van der Waals surface area contributed by atoms with Crippen molar-refractivity contribution in [1.29, 1.82) is 0 Å². The van der Waals surface area contributed by atoms with Gasteiger partial charge in [0, 0.05) is 12.1 Å². The summed E-state index contributed by atoms with van der Waals surface area (Å²) in [5, 5.41) is 2.74. The van der Waals surface area contributed by atoms with Crippen molar-refractivity contribution >= 4 is 17.6 Å². The van der Waals surface area contributed by atoms with E-state index in [1.165, 1.54) is 32.8 Å². The van der Waals surface area contributed by atoms with Crippen molar-refractivity contribution in [2.75, 3.05) is 19.0 Å². The van der Waals surface area contributed by atoms with Gasteiger partial charge in [0.25, 0.3) is 0 Å². The van der Waals surface area contributed by atoms with Crippen LogP contribution in [0.15, 0.2) is 24.3 Å². The molecular formula is C18H27NO4. The topological polar surface area (TPSA) is 64.6 Å². The Morgan fingerprint density at radius 2 is 1.70 bits per heavy atom. The fraction of sp³-hybridized carbons (Fsp3) is 0.556. The number of esters is 1. The van der Waals surface area contributed by atoms with Crippen LogP contribution < -0.4 is 10.1 Å². The first-order valence-electron chi connectivity index (χ1n) is 8.25. The van der Waals surface area contributed by atoms with Crippen molar-refractivity contribution in [3.63, 3.8) is 0 Å². The highest BCUT2D eigenvalue weighted by atomic mass is 16.5. The average molecular weight is 321 g/mol. The fourth-order valence-electron chi connectivity index (χ4n) is 2.07. The van der Waals surface area contributed by atoms with Crippen LogP contribution in [0.5, 0.6) is 5.75 Å². The molecule has 0 aliphatic heterocycles. The van der Waals surface area contributed by atoms with E-state index < -0.39 is 0 Å². The predicted octanol–water partition coefficient (Wildman–Crippen LogP) is 3.93. The molecule has 0 radical (unpaired) electrons. The first-order valence-corrected chi connectivity index (χ1v) is 8.25. The van der Waals surface area contributed by atoms with E-state index in [1.807, 2.05) is 12.1 Å². The Morgan fingerprint density at radius 1 is 1.00 bits per heavy atom. The highest BCUT2D eigenvalue weighted by Crippen LogP contribution is 2.16. The molecule has 0 saturated carbocycles. The number of anilines is 1. The predicted molar refractivity (Wildman–Crippen MR) is 90.6 cm³/mol. The quantitative estimate of drug-likeness (QED) is 0.495. The Kier molecular flexibility index (Phi) is 9.52. The summed E-state index contributed by atoms with van der Waals surface area (Å²) < 4.78 is 10.2. The molecule has 0 aliphatic carbocycles. The molecule has 5 nitrogen and oxygen atoms in total. The first kappa shape index (κ1) is 19.0. The number of unbranched alkanes of at least 4 members (excludes halogenated alkanes) is 4. The Hall–Kier alpha value is -2.04. The molecule has 1 aromatic rings. The van der Waals surface area contributed by atoms with E-state index in [-0.39, 0.29) is 24.7 Å². The summed E-state index contributed by atoms with van der Waals surface area (Å²) in [4.78, 5) is 22.6. The van der Waals surface area contributed by atoms with Gasteiger partial charge < -0.3 is 14.8 Å². The van der Waals surface area contributed by atoms with Gasteiger partial charge in [0.1, 0.15) is 5.75 Å². The summed E-state index contributed by atoms with van der Waals surface area (Å²) in [5.74, 6) is 0.205. The molecule has 128 valence electrons. The standard InChI is InChI=1S/C18H27NO4/c1-3-4-5-6-7-14-23-16-10-8-15(9-11-16)19-17(20)12-13-18(21)22-2/h8-11H,3-7,12-14H2,1-2H3,(H,19,20). The second-order valence-electron chi connectivity index (χ2n) is 5.41. The van der Waals surface area contributed by atoms with Gasteiger partial charge in [0.2, 0.25) is 5.91 Å². The van der Waals surface area contributed by atoms with Crippen LogP contribution in [0.2, 0.25) is 0 Å². The summed E-state index contributed by atoms with van der Waals surface area (Å²) in [5.41, 5.74) is 0.690. The Morgan fingerprint density at radius 3 is 2.35 bits per heavy atom. The van der Waals surface area contributed by atoms with Crippen molar-refractivity contribution in [2.45, 2.75) is 51.9 Å². The van der Waals surface area contributed by atoms with Crippen LogP contribution in [0.4, 0.5) is 5.69 Å². The molecule has 0 atom stereocenters. The second-order valence-corrected chi connectivity index (χ2v) is 5.41. The molecule has 0 aromatic heterocycles. The molecule has 0 aliphatic rings. The lowest BCUT2D eigenvalue weighted by Gasteiger charge is -2.08. The van der Waals surface area contributed by atoms with Crippen LogP contribution in [-0.4, -0.2) is 25.6 Å². The largest absolute Gasteiger partial charge is 0.494 e. The van der Waals surface area contributed by atoms with Gasteiger partial charge >= 0.3 is 5.97 Å². The molecule has 23 heavy (non-hydrogen) atoms. The third kappa shape index (κ3) is 8.86. The average Bonchev–Trinajstić information content (AvgIpc) is 2.57. The Bertz CT molecular complexity index is 470. The molecule has 1 aromatic carbocycles. The van der Waals surface area contributed by atoms with Crippen LogP contribution in [-0.2, 0) is 14.3 Å². The molecule has 1 N–H and O–H groups in total. The second kappa shape index (κ2) is 11.5. The molecule has 0 bridgehead atoms. The van der Waals surface area contributed by atoms with Gasteiger partial charge in [0.15, 0.2) is 0 Å². The minimum atomic E-state index is -0.386. The number of ether oxygens (including phenoxy) is 2. The van der Waals surface area contributed by atoms with Gasteiger partial charge in [-0.1, -0.05) is 32.6 Å². The van der Waals surface area contributed by atoms with E-state index >= 15 is 0 Å². The van der Waals surface area contributed by atoms with Gasteiger partial charge in [-0.25, -0.2) is 0 Å². The van der Waals surface area contributed by atoms with E-state index in [2.05, 4.69) is 17.0 Å². The number of hydrogen-bond acceptors (Lipinski definition) is 4. The zero-order valence-corrected chi connectivity index (χ0v) is 14.1. The lowest BCUT2D eigenvalue weighted by Crippen LogP contribution is -2.13. The molecule has 0 spiro atoms. The van der Waals surface area contributed by atoms with E-state index in [1.54, 1.807) is 12.1 Å². The molecule has 0 fully saturated rings. The molecule has 1 rings (SSSR count). The molecule has 0 heterocycles. The normalized spacial score (nSPS) is 10.2. The number of nitrogens with one attached hydrogen (secondary N) is 1. The van der Waals surface area contributed by atoms with Crippen LogP contribution in [0.25, 0.3) is 0 Å². The van der Waals surface area contributed by atoms with Gasteiger partial charge in [-0.05, 0) is 30.7 Å². The highest BCUT2D eigenvalue weighted by Gasteiger charge is 2.07. The zero-order chi connectivity index (χ0) is 16.9. The number of benzene rings is 1. The van der Waals surface area contributed by atoms with Crippen molar-refractivity contribution in [2.24, 2.45) is 0 Å². The lowest BCUT2D eigenvalue weighted by atomic mass is 10.2. The van der Waals surface area contributed by atoms with Gasteiger partial charge in [-0.15, -0.1) is 0 Å². The van der Waals surface area contributed by atoms with E-state index in [4.69, 9.17) is 4.74 Å². The summed E-state index contributed by atoms with van der Waals surface area (Å²) in [7, 11) is 1.31. The minimum Gasteiger partial charge on any atom is -0.494 e. The molecular weight excluding hydrogens is 294 g/mol. The Labute approximate surface area is 138 Å². The highest BCUT2D eigenvalue weighted by molar-refractivity contribution is 5.92. The van der Waals surface area contributed by atoms with Crippen LogP contribution in [0.3, 0.4) is 0 Å². The minimum absolute atomic E-state index is 0.0849. The third-order valence-corrected chi connectivity index (χ3v) is 3.44. The third-order valence-electron chi connectivity index (χ3n) is 3.44. The molecule has 0 unspecified atom stereocenters. The number of carbonyl (C=O) groups excluding carboxylic acids is 2.